The number of carbonyl (C=O) groups is 3. The van der Waals surface area contributed by atoms with Crippen molar-refractivity contribution in [3.05, 3.63) is 35.4 Å². The first-order chi connectivity index (χ1) is 13.5. The molecule has 0 aliphatic carbocycles. The van der Waals surface area contributed by atoms with Crippen molar-refractivity contribution in [3.63, 3.8) is 0 Å². The third kappa shape index (κ3) is 7.31. The number of amides is 3. The van der Waals surface area contributed by atoms with E-state index in [4.69, 9.17) is 5.73 Å². The van der Waals surface area contributed by atoms with E-state index in [1.807, 2.05) is 31.2 Å². The lowest BCUT2D eigenvalue weighted by Crippen LogP contribution is -2.52. The molecule has 4 N–H and O–H groups in total. The van der Waals surface area contributed by atoms with Crippen molar-refractivity contribution < 1.29 is 14.4 Å². The molecule has 3 amide bonds. The van der Waals surface area contributed by atoms with Gasteiger partial charge in [0.05, 0.1) is 6.54 Å². The van der Waals surface area contributed by atoms with Crippen LogP contribution in [0, 0.1) is 6.92 Å². The molecule has 1 unspecified atom stereocenters. The Morgan fingerprint density at radius 3 is 2.50 bits per heavy atom. The van der Waals surface area contributed by atoms with Gasteiger partial charge in [-0.15, -0.1) is 0 Å². The van der Waals surface area contributed by atoms with Gasteiger partial charge in [0.2, 0.25) is 17.7 Å². The molecule has 0 saturated carbocycles. The number of rotatable bonds is 9. The summed E-state index contributed by atoms with van der Waals surface area (Å²) in [6, 6.07) is 8.07. The van der Waals surface area contributed by atoms with Crippen molar-refractivity contribution in [2.24, 2.45) is 5.73 Å². The van der Waals surface area contributed by atoms with Gasteiger partial charge in [-0.05, 0) is 38.2 Å². The van der Waals surface area contributed by atoms with Crippen molar-refractivity contribution in [1.82, 2.24) is 15.5 Å². The Hall–Kier alpha value is -2.41. The molecule has 0 spiro atoms. The molecule has 28 heavy (non-hydrogen) atoms. The number of piperidine rings is 1. The fourth-order valence-electron chi connectivity index (χ4n) is 3.37. The van der Waals surface area contributed by atoms with Crippen LogP contribution in [0.3, 0.4) is 0 Å². The van der Waals surface area contributed by atoms with Gasteiger partial charge in [-0.1, -0.05) is 29.8 Å². The Labute approximate surface area is 167 Å². The highest BCUT2D eigenvalue weighted by molar-refractivity contribution is 5.85. The zero-order chi connectivity index (χ0) is 20.4. The number of nitrogens with zero attached hydrogens (tertiary/aromatic N) is 1. The molecule has 1 aliphatic rings. The zero-order valence-corrected chi connectivity index (χ0v) is 16.7. The van der Waals surface area contributed by atoms with E-state index in [1.165, 1.54) is 5.56 Å². The van der Waals surface area contributed by atoms with Gasteiger partial charge in [-0.25, -0.2) is 0 Å². The Balaban J connectivity index is 1.75. The summed E-state index contributed by atoms with van der Waals surface area (Å²) in [5.41, 5.74) is 7.68. The molecule has 1 heterocycles. The maximum atomic E-state index is 12.6. The monoisotopic (exact) mass is 388 g/mol. The predicted octanol–water partition coefficient (Wildman–Crippen LogP) is 0.890. The lowest BCUT2D eigenvalue weighted by molar-refractivity contribution is -0.136. The van der Waals surface area contributed by atoms with Gasteiger partial charge in [0.15, 0.2) is 0 Å². The fourth-order valence-corrected chi connectivity index (χ4v) is 3.37. The first-order valence-corrected chi connectivity index (χ1v) is 10.1. The van der Waals surface area contributed by atoms with Gasteiger partial charge in [0.1, 0.15) is 0 Å². The SMILES string of the molecule is Cc1ccc(CCC(=O)NCC(=O)N2CCCCC2CNC(=O)CCN)cc1. The Bertz CT molecular complexity index is 660. The van der Waals surface area contributed by atoms with E-state index in [0.717, 1.165) is 24.8 Å². The number of likely N-dealkylation sites (tertiary alicyclic amines) is 1. The summed E-state index contributed by atoms with van der Waals surface area (Å²) in [7, 11) is 0. The molecule has 0 bridgehead atoms. The van der Waals surface area contributed by atoms with Crippen LogP contribution in [-0.4, -0.2) is 54.8 Å². The number of benzene rings is 1. The summed E-state index contributed by atoms with van der Waals surface area (Å²) in [4.78, 5) is 38.1. The Morgan fingerprint density at radius 2 is 1.79 bits per heavy atom. The Morgan fingerprint density at radius 1 is 1.07 bits per heavy atom. The van der Waals surface area contributed by atoms with Crippen molar-refractivity contribution in [2.45, 2.75) is 51.5 Å². The molecule has 1 saturated heterocycles. The van der Waals surface area contributed by atoms with E-state index in [2.05, 4.69) is 10.6 Å². The fraction of sp³-hybridized carbons (Fsp3) is 0.571. The molecular weight excluding hydrogens is 356 g/mol. The smallest absolute Gasteiger partial charge is 0.242 e. The second kappa shape index (κ2) is 11.4. The summed E-state index contributed by atoms with van der Waals surface area (Å²) in [6.07, 6.45) is 4.13. The number of nitrogens with one attached hydrogen (secondary N) is 2. The van der Waals surface area contributed by atoms with Gasteiger partial charge in [-0.3, -0.25) is 14.4 Å². The van der Waals surface area contributed by atoms with E-state index >= 15 is 0 Å². The number of hydrogen-bond acceptors (Lipinski definition) is 4. The molecule has 0 aromatic heterocycles. The van der Waals surface area contributed by atoms with Crippen molar-refractivity contribution in [2.75, 3.05) is 26.2 Å². The third-order valence-electron chi connectivity index (χ3n) is 5.05. The van der Waals surface area contributed by atoms with Crippen LogP contribution in [0.15, 0.2) is 24.3 Å². The lowest BCUT2D eigenvalue weighted by atomic mass is 10.0. The molecule has 1 atom stereocenters. The molecule has 2 rings (SSSR count). The molecule has 154 valence electrons. The number of carbonyl (C=O) groups excluding carboxylic acids is 3. The number of nitrogens with two attached hydrogens (primary N) is 1. The Kier molecular flexibility index (Phi) is 8.94. The topological polar surface area (TPSA) is 105 Å². The van der Waals surface area contributed by atoms with E-state index in [0.29, 0.717) is 32.5 Å². The third-order valence-corrected chi connectivity index (χ3v) is 5.05. The first kappa shape index (κ1) is 21.9. The van der Waals surface area contributed by atoms with Crippen LogP contribution in [-0.2, 0) is 20.8 Å². The maximum Gasteiger partial charge on any atom is 0.242 e. The quantitative estimate of drug-likeness (QED) is 0.584. The highest BCUT2D eigenvalue weighted by Gasteiger charge is 2.26. The summed E-state index contributed by atoms with van der Waals surface area (Å²) in [5.74, 6) is -0.315. The molecule has 1 aliphatic heterocycles. The second-order valence-electron chi connectivity index (χ2n) is 7.34. The normalized spacial score (nSPS) is 16.5. The van der Waals surface area contributed by atoms with Crippen LogP contribution in [0.5, 0.6) is 0 Å². The average molecular weight is 389 g/mol. The predicted molar refractivity (Wildman–Crippen MR) is 109 cm³/mol. The standard InChI is InChI=1S/C21H32N4O3/c1-16-5-7-17(8-6-16)9-10-19(26)24-15-21(28)25-13-3-2-4-18(25)14-23-20(27)11-12-22/h5-8,18H,2-4,9-15,22H2,1H3,(H,23,27)(H,24,26). The second-order valence-corrected chi connectivity index (χ2v) is 7.34. The minimum Gasteiger partial charge on any atom is -0.354 e. The van der Waals surface area contributed by atoms with E-state index in [1.54, 1.807) is 4.90 Å². The summed E-state index contributed by atoms with van der Waals surface area (Å²) in [6.45, 7) is 3.44. The minimum absolute atomic E-state index is 0.0000222. The van der Waals surface area contributed by atoms with Crippen molar-refractivity contribution in [1.29, 1.82) is 0 Å². The van der Waals surface area contributed by atoms with Crippen LogP contribution in [0.1, 0.15) is 43.2 Å². The van der Waals surface area contributed by atoms with Crippen LogP contribution in [0.4, 0.5) is 0 Å². The highest BCUT2D eigenvalue weighted by Crippen LogP contribution is 2.16. The van der Waals surface area contributed by atoms with Gasteiger partial charge in [-0.2, -0.15) is 0 Å². The van der Waals surface area contributed by atoms with E-state index < -0.39 is 0 Å². The molecule has 7 heteroatoms. The lowest BCUT2D eigenvalue weighted by Gasteiger charge is -2.36. The van der Waals surface area contributed by atoms with E-state index in [9.17, 15) is 14.4 Å². The number of aryl methyl sites for hydroxylation is 2. The highest BCUT2D eigenvalue weighted by atomic mass is 16.2. The van der Waals surface area contributed by atoms with Gasteiger partial charge in [0.25, 0.3) is 0 Å². The van der Waals surface area contributed by atoms with Gasteiger partial charge >= 0.3 is 0 Å². The van der Waals surface area contributed by atoms with Gasteiger partial charge < -0.3 is 21.3 Å². The summed E-state index contributed by atoms with van der Waals surface area (Å²) in [5, 5.41) is 5.58. The van der Waals surface area contributed by atoms with E-state index in [-0.39, 0.29) is 36.7 Å². The van der Waals surface area contributed by atoms with Crippen molar-refractivity contribution in [3.8, 4) is 0 Å². The largest absolute Gasteiger partial charge is 0.354 e. The van der Waals surface area contributed by atoms with Crippen LogP contribution >= 0.6 is 0 Å². The molecular formula is C21H32N4O3. The molecule has 7 nitrogen and oxygen atoms in total. The van der Waals surface area contributed by atoms with Crippen LogP contribution in [0.2, 0.25) is 0 Å². The van der Waals surface area contributed by atoms with Crippen LogP contribution < -0.4 is 16.4 Å². The van der Waals surface area contributed by atoms with Crippen molar-refractivity contribution >= 4 is 17.7 Å². The zero-order valence-electron chi connectivity index (χ0n) is 16.7. The molecule has 1 fully saturated rings. The molecule has 1 aromatic rings. The summed E-state index contributed by atoms with van der Waals surface area (Å²) >= 11 is 0. The molecule has 0 radical (unpaired) electrons. The van der Waals surface area contributed by atoms with Crippen LogP contribution in [0.25, 0.3) is 0 Å². The van der Waals surface area contributed by atoms with Gasteiger partial charge in [0, 0.05) is 38.5 Å². The first-order valence-electron chi connectivity index (χ1n) is 10.1. The maximum absolute atomic E-state index is 12.6. The average Bonchev–Trinajstić information content (AvgIpc) is 2.70. The molecule has 1 aromatic carbocycles. The summed E-state index contributed by atoms with van der Waals surface area (Å²) < 4.78 is 0. The number of hydrogen-bond donors (Lipinski definition) is 3. The minimum atomic E-state index is -0.126.